The van der Waals surface area contributed by atoms with Gasteiger partial charge in [0.05, 0.1) is 5.56 Å². The largest absolute Gasteiger partial charge is 0.343 e. The molecule has 0 amide bonds. The summed E-state index contributed by atoms with van der Waals surface area (Å²) in [5.41, 5.74) is 4.69. The number of H-pyrrole nitrogens is 1. The van der Waals surface area contributed by atoms with Gasteiger partial charge in [0, 0.05) is 34.4 Å². The second kappa shape index (κ2) is 8.75. The number of thioether (sulfide) groups is 1. The van der Waals surface area contributed by atoms with Crippen molar-refractivity contribution in [3.8, 4) is 0 Å². The number of aryl methyl sites for hydroxylation is 1. The SMILES string of the molecule is Cc1cccc(C2C3=C(CC(C)(C)CC3=O)Nc3nc(SCc4ccccc4Cl)[nH]c(=O)c32)c1. The number of nitrogens with zero attached hydrogens (tertiary/aromatic N) is 1. The predicted molar refractivity (Wildman–Crippen MR) is 138 cm³/mol. The summed E-state index contributed by atoms with van der Waals surface area (Å²) in [6, 6.07) is 15.7. The van der Waals surface area contributed by atoms with E-state index < -0.39 is 5.92 Å². The van der Waals surface area contributed by atoms with Crippen LogP contribution < -0.4 is 10.9 Å². The van der Waals surface area contributed by atoms with Crippen LogP contribution in [0.5, 0.6) is 0 Å². The highest BCUT2D eigenvalue weighted by atomic mass is 35.5. The number of benzene rings is 2. The number of hydrogen-bond donors (Lipinski definition) is 2. The fourth-order valence-electron chi connectivity index (χ4n) is 4.91. The van der Waals surface area contributed by atoms with Crippen molar-refractivity contribution in [1.29, 1.82) is 0 Å². The van der Waals surface area contributed by atoms with Crippen LogP contribution in [0.15, 0.2) is 69.8 Å². The number of Topliss-reactive ketones (excluding diaryl/α,β-unsaturated/α-hetero) is 1. The molecule has 0 bridgehead atoms. The standard InChI is InChI=1S/C27H26ClN3O2S/c1-15-7-6-9-16(11-15)21-22-19(12-27(2,3)13-20(22)32)29-24-23(21)25(33)31-26(30-24)34-14-17-8-4-5-10-18(17)28/h4-11,21H,12-14H2,1-3H3,(H2,29,30,31,33). The first-order valence-corrected chi connectivity index (χ1v) is 12.7. The fourth-order valence-corrected chi connectivity index (χ4v) is 6.05. The van der Waals surface area contributed by atoms with Gasteiger partial charge in [-0.3, -0.25) is 9.59 Å². The Morgan fingerprint density at radius 1 is 1.12 bits per heavy atom. The molecule has 1 unspecified atom stereocenters. The summed E-state index contributed by atoms with van der Waals surface area (Å²) in [5, 5.41) is 4.58. The van der Waals surface area contributed by atoms with Crippen molar-refractivity contribution in [2.75, 3.05) is 5.32 Å². The third-order valence-electron chi connectivity index (χ3n) is 6.40. The second-order valence-corrected chi connectivity index (χ2v) is 11.2. The lowest BCUT2D eigenvalue weighted by Gasteiger charge is -2.38. The summed E-state index contributed by atoms with van der Waals surface area (Å²) >= 11 is 7.73. The minimum atomic E-state index is -0.436. The molecule has 0 fully saturated rings. The molecule has 0 saturated heterocycles. The minimum absolute atomic E-state index is 0.0903. The number of allylic oxidation sites excluding steroid dienone is 2. The maximum atomic E-state index is 13.4. The van der Waals surface area contributed by atoms with Gasteiger partial charge in [0.25, 0.3) is 5.56 Å². The Kier molecular flexibility index (Phi) is 5.90. The number of anilines is 1. The zero-order chi connectivity index (χ0) is 24.0. The first kappa shape index (κ1) is 22.9. The Bertz CT molecular complexity index is 1390. The molecule has 2 aromatic carbocycles. The van der Waals surface area contributed by atoms with Gasteiger partial charge in [-0.1, -0.05) is 85.2 Å². The van der Waals surface area contributed by atoms with Crippen molar-refractivity contribution in [2.24, 2.45) is 5.41 Å². The van der Waals surface area contributed by atoms with Crippen LogP contribution >= 0.6 is 23.4 Å². The van der Waals surface area contributed by atoms with Crippen LogP contribution in [-0.4, -0.2) is 15.8 Å². The van der Waals surface area contributed by atoms with Crippen molar-refractivity contribution in [2.45, 2.75) is 50.4 Å². The smallest absolute Gasteiger partial charge is 0.257 e. The molecule has 0 saturated carbocycles. The van der Waals surface area contributed by atoms with Crippen molar-refractivity contribution in [1.82, 2.24) is 9.97 Å². The number of aromatic amines is 1. The van der Waals surface area contributed by atoms with Gasteiger partial charge in [0.2, 0.25) is 0 Å². The quantitative estimate of drug-likeness (QED) is 0.334. The maximum Gasteiger partial charge on any atom is 0.257 e. The highest BCUT2D eigenvalue weighted by Crippen LogP contribution is 2.47. The van der Waals surface area contributed by atoms with E-state index in [-0.39, 0.29) is 16.8 Å². The summed E-state index contributed by atoms with van der Waals surface area (Å²) in [6.45, 7) is 6.22. The summed E-state index contributed by atoms with van der Waals surface area (Å²) < 4.78 is 0. The van der Waals surface area contributed by atoms with Crippen LogP contribution in [0.1, 0.15) is 54.9 Å². The molecule has 174 valence electrons. The molecular weight excluding hydrogens is 466 g/mol. The summed E-state index contributed by atoms with van der Waals surface area (Å²) in [5.74, 6) is 0.768. The third-order valence-corrected chi connectivity index (χ3v) is 7.69. The number of aromatic nitrogens is 2. The van der Waals surface area contributed by atoms with E-state index in [1.54, 1.807) is 0 Å². The number of ketones is 1. The van der Waals surface area contributed by atoms with Crippen LogP contribution in [0.25, 0.3) is 0 Å². The number of carbonyl (C=O) groups excluding carboxylic acids is 1. The molecule has 1 aromatic heterocycles. The number of nitrogens with one attached hydrogen (secondary N) is 2. The minimum Gasteiger partial charge on any atom is -0.343 e. The first-order chi connectivity index (χ1) is 16.2. The molecule has 1 atom stereocenters. The van der Waals surface area contributed by atoms with Crippen molar-refractivity contribution in [3.63, 3.8) is 0 Å². The molecule has 5 nitrogen and oxygen atoms in total. The van der Waals surface area contributed by atoms with E-state index in [0.717, 1.165) is 28.8 Å². The van der Waals surface area contributed by atoms with Crippen molar-refractivity contribution < 1.29 is 4.79 Å². The molecule has 1 aliphatic carbocycles. The lowest BCUT2D eigenvalue weighted by atomic mass is 9.69. The van der Waals surface area contributed by atoms with Gasteiger partial charge in [0.15, 0.2) is 10.9 Å². The zero-order valence-corrected chi connectivity index (χ0v) is 20.9. The molecular formula is C27H26ClN3O2S. The zero-order valence-electron chi connectivity index (χ0n) is 19.4. The van der Waals surface area contributed by atoms with Gasteiger partial charge in [0.1, 0.15) is 5.82 Å². The van der Waals surface area contributed by atoms with Gasteiger partial charge < -0.3 is 10.3 Å². The summed E-state index contributed by atoms with van der Waals surface area (Å²) in [6.07, 6.45) is 1.19. The Labute approximate surface area is 208 Å². The van der Waals surface area contributed by atoms with Gasteiger partial charge in [-0.05, 0) is 36.0 Å². The summed E-state index contributed by atoms with van der Waals surface area (Å²) in [7, 11) is 0. The molecule has 2 N–H and O–H groups in total. The number of halogens is 1. The van der Waals surface area contributed by atoms with Crippen molar-refractivity contribution >= 4 is 35.0 Å². The van der Waals surface area contributed by atoms with E-state index in [4.69, 9.17) is 16.6 Å². The lowest BCUT2D eigenvalue weighted by Crippen LogP contribution is -2.37. The second-order valence-electron chi connectivity index (χ2n) is 9.82. The Morgan fingerprint density at radius 3 is 2.68 bits per heavy atom. The molecule has 34 heavy (non-hydrogen) atoms. The molecule has 1 aliphatic heterocycles. The van der Waals surface area contributed by atoms with Gasteiger partial charge in [-0.15, -0.1) is 0 Å². The topological polar surface area (TPSA) is 74.8 Å². The molecule has 2 aliphatic rings. The predicted octanol–water partition coefficient (Wildman–Crippen LogP) is 6.22. The van der Waals surface area contributed by atoms with E-state index in [1.807, 2.05) is 49.4 Å². The normalized spacial score (nSPS) is 18.8. The van der Waals surface area contributed by atoms with Gasteiger partial charge in [-0.2, -0.15) is 0 Å². The third kappa shape index (κ3) is 4.32. The van der Waals surface area contributed by atoms with Crippen LogP contribution in [0.4, 0.5) is 5.82 Å². The highest BCUT2D eigenvalue weighted by Gasteiger charge is 2.42. The molecule has 0 spiro atoms. The van der Waals surface area contributed by atoms with Crippen LogP contribution in [0.2, 0.25) is 5.02 Å². The number of hydrogen-bond acceptors (Lipinski definition) is 5. The van der Waals surface area contributed by atoms with Gasteiger partial charge in [-0.25, -0.2) is 4.98 Å². The average Bonchev–Trinajstić information content (AvgIpc) is 2.76. The van der Waals surface area contributed by atoms with E-state index >= 15 is 0 Å². The number of carbonyl (C=O) groups is 1. The molecule has 2 heterocycles. The van der Waals surface area contributed by atoms with Gasteiger partial charge >= 0.3 is 0 Å². The highest BCUT2D eigenvalue weighted by molar-refractivity contribution is 7.98. The number of fused-ring (bicyclic) bond motifs is 1. The van der Waals surface area contributed by atoms with E-state index in [9.17, 15) is 9.59 Å². The fraction of sp³-hybridized carbons (Fsp3) is 0.296. The summed E-state index contributed by atoms with van der Waals surface area (Å²) in [4.78, 5) is 34.5. The Morgan fingerprint density at radius 2 is 1.91 bits per heavy atom. The van der Waals surface area contributed by atoms with Crippen LogP contribution in [0.3, 0.4) is 0 Å². The maximum absolute atomic E-state index is 13.4. The molecule has 0 radical (unpaired) electrons. The van der Waals surface area contributed by atoms with Crippen LogP contribution in [-0.2, 0) is 10.5 Å². The van der Waals surface area contributed by atoms with E-state index in [2.05, 4.69) is 30.2 Å². The van der Waals surface area contributed by atoms with E-state index in [1.165, 1.54) is 11.8 Å². The Hall–Kier alpha value is -2.83. The Balaban J connectivity index is 1.59. The molecule has 7 heteroatoms. The lowest BCUT2D eigenvalue weighted by molar-refractivity contribution is -0.118. The first-order valence-electron chi connectivity index (χ1n) is 11.3. The molecule has 3 aromatic rings. The number of rotatable bonds is 4. The molecule has 5 rings (SSSR count). The van der Waals surface area contributed by atoms with E-state index in [0.29, 0.717) is 39.3 Å². The average molecular weight is 492 g/mol. The van der Waals surface area contributed by atoms with Crippen LogP contribution in [0, 0.1) is 12.3 Å². The monoisotopic (exact) mass is 491 g/mol. The van der Waals surface area contributed by atoms with Crippen molar-refractivity contribution in [3.05, 3.63) is 97.4 Å².